The summed E-state index contributed by atoms with van der Waals surface area (Å²) in [6.45, 7) is 0. The van der Waals surface area contributed by atoms with E-state index < -0.39 is 35.3 Å². The Balaban J connectivity index is 0.00000612. The Bertz CT molecular complexity index is 1210. The Morgan fingerprint density at radius 2 is 1.50 bits per heavy atom. The van der Waals surface area contributed by atoms with Crippen LogP contribution < -0.4 is 24.3 Å². The number of methoxy groups -OCH3 is 4. The SMILES string of the molecule is COc1cc(OC)c(/C=C/S(=O)(=O)Cc2ccc(OC)c(NC(=O)CP(=O)(O)O)c2)c(OC)c1.[NaH].[NaH]. The summed E-state index contributed by atoms with van der Waals surface area (Å²) in [5.41, 5.74) is 0.788. The van der Waals surface area contributed by atoms with Gasteiger partial charge in [0.1, 0.15) is 29.2 Å². The van der Waals surface area contributed by atoms with Gasteiger partial charge in [0, 0.05) is 17.5 Å². The molecule has 0 atom stereocenters. The van der Waals surface area contributed by atoms with Gasteiger partial charge in [-0.15, -0.1) is 0 Å². The van der Waals surface area contributed by atoms with E-state index in [1.165, 1.54) is 52.7 Å². The second kappa shape index (κ2) is 15.4. The van der Waals surface area contributed by atoms with E-state index in [-0.39, 0.29) is 70.6 Å². The predicted octanol–water partition coefficient (Wildman–Crippen LogP) is 1.13. The topological polar surface area (TPSA) is 158 Å². The first-order chi connectivity index (χ1) is 15.9. The second-order valence-electron chi connectivity index (χ2n) is 6.96. The number of hydrogen-bond donors (Lipinski definition) is 3. The fourth-order valence-electron chi connectivity index (χ4n) is 2.97. The standard InChI is InChI=1S/C21H26NO10PS.2Na.2H/c1-29-15-10-19(31-3)16(20(11-15)32-4)7-8-34(27,28)13-14-5-6-18(30-2)17(9-14)22-21(23)12-33(24,25)26;;;;/h5-11H,12-13H2,1-4H3,(H,22,23)(H2,24,25,26);;;;/b8-7+;;;;. The number of amides is 1. The molecule has 2 rings (SSSR count). The molecule has 0 bridgehead atoms. The number of benzene rings is 2. The van der Waals surface area contributed by atoms with Gasteiger partial charge in [-0.2, -0.15) is 0 Å². The number of anilines is 1. The van der Waals surface area contributed by atoms with Gasteiger partial charge >= 0.3 is 66.7 Å². The van der Waals surface area contributed by atoms with Crippen LogP contribution in [0.3, 0.4) is 0 Å². The molecule has 3 N–H and O–H groups in total. The van der Waals surface area contributed by atoms with E-state index in [0.717, 1.165) is 5.41 Å². The van der Waals surface area contributed by atoms with E-state index in [1.54, 1.807) is 12.1 Å². The summed E-state index contributed by atoms with van der Waals surface area (Å²) in [6.07, 6.45) is 0.325. The summed E-state index contributed by atoms with van der Waals surface area (Å²) >= 11 is 0. The van der Waals surface area contributed by atoms with Crippen LogP contribution in [0.5, 0.6) is 23.0 Å². The van der Waals surface area contributed by atoms with E-state index in [9.17, 15) is 17.8 Å². The molecule has 0 aliphatic rings. The van der Waals surface area contributed by atoms with Crippen LogP contribution in [0, 0.1) is 0 Å². The first-order valence-corrected chi connectivity index (χ1v) is 13.1. The molecule has 0 aromatic heterocycles. The molecule has 36 heavy (non-hydrogen) atoms. The Morgan fingerprint density at radius 3 is 1.97 bits per heavy atom. The Labute approximate surface area is 254 Å². The molecule has 0 aliphatic carbocycles. The molecule has 0 spiro atoms. The Hall–Kier alpha value is -1.05. The molecule has 190 valence electrons. The van der Waals surface area contributed by atoms with Crippen molar-refractivity contribution in [1.29, 1.82) is 0 Å². The first-order valence-electron chi connectivity index (χ1n) is 9.63. The Morgan fingerprint density at radius 1 is 0.944 bits per heavy atom. The molecule has 0 saturated carbocycles. The van der Waals surface area contributed by atoms with Crippen molar-refractivity contribution in [2.24, 2.45) is 0 Å². The molecule has 0 aliphatic heterocycles. The van der Waals surface area contributed by atoms with E-state index in [0.29, 0.717) is 28.4 Å². The van der Waals surface area contributed by atoms with Crippen LogP contribution in [-0.2, 0) is 24.9 Å². The fraction of sp³-hybridized carbons (Fsp3) is 0.286. The zero-order chi connectivity index (χ0) is 25.5. The number of rotatable bonds is 11. The molecule has 2 aromatic rings. The molecular weight excluding hydrogens is 535 g/mol. The van der Waals surface area contributed by atoms with E-state index in [4.69, 9.17) is 28.7 Å². The van der Waals surface area contributed by atoms with Gasteiger partial charge in [-0.3, -0.25) is 9.36 Å². The van der Waals surface area contributed by atoms with Crippen molar-refractivity contribution in [3.63, 3.8) is 0 Å². The number of carbonyl (C=O) groups is 1. The molecule has 1 amide bonds. The van der Waals surface area contributed by atoms with Crippen molar-refractivity contribution in [1.82, 2.24) is 0 Å². The predicted molar refractivity (Wildman–Crippen MR) is 141 cm³/mol. The van der Waals surface area contributed by atoms with Crippen molar-refractivity contribution in [2.45, 2.75) is 5.75 Å². The van der Waals surface area contributed by atoms with Gasteiger partial charge in [-0.25, -0.2) is 8.42 Å². The zero-order valence-electron chi connectivity index (χ0n) is 19.0. The van der Waals surface area contributed by atoms with Gasteiger partial charge in [0.15, 0.2) is 9.84 Å². The number of carbonyl (C=O) groups excluding carboxylic acids is 1. The third-order valence-electron chi connectivity index (χ3n) is 4.45. The van der Waals surface area contributed by atoms with Gasteiger partial charge in [-0.05, 0) is 23.8 Å². The quantitative estimate of drug-likeness (QED) is 0.267. The summed E-state index contributed by atoms with van der Waals surface area (Å²) in [6, 6.07) is 7.47. The Kier molecular flexibility index (Phi) is 14.9. The second-order valence-corrected chi connectivity index (χ2v) is 10.5. The first kappa shape index (κ1) is 35.0. The summed E-state index contributed by atoms with van der Waals surface area (Å²) < 4.78 is 57.5. The zero-order valence-corrected chi connectivity index (χ0v) is 20.7. The maximum atomic E-state index is 12.8. The van der Waals surface area contributed by atoms with Gasteiger partial charge in [0.25, 0.3) is 0 Å². The minimum absolute atomic E-state index is 0. The van der Waals surface area contributed by atoms with Crippen LogP contribution in [0.15, 0.2) is 35.7 Å². The molecular formula is C21H28NNa2O10PS. The third kappa shape index (κ3) is 10.7. The molecule has 0 fully saturated rings. The third-order valence-corrected chi connectivity index (χ3v) is 6.44. The van der Waals surface area contributed by atoms with Crippen molar-refractivity contribution < 1.29 is 46.5 Å². The van der Waals surface area contributed by atoms with Crippen LogP contribution in [0.4, 0.5) is 5.69 Å². The van der Waals surface area contributed by atoms with Gasteiger partial charge in [0.05, 0.1) is 45.4 Å². The summed E-state index contributed by atoms with van der Waals surface area (Å²) in [4.78, 5) is 29.8. The van der Waals surface area contributed by atoms with E-state index in [2.05, 4.69) is 5.32 Å². The average molecular weight is 563 g/mol. The van der Waals surface area contributed by atoms with Crippen molar-refractivity contribution in [2.75, 3.05) is 39.9 Å². The molecule has 0 radical (unpaired) electrons. The fourth-order valence-corrected chi connectivity index (χ4v) is 4.51. The molecule has 0 saturated heterocycles. The molecule has 2 aromatic carbocycles. The van der Waals surface area contributed by atoms with Crippen LogP contribution in [-0.4, -0.2) is 118 Å². The van der Waals surface area contributed by atoms with Gasteiger partial charge < -0.3 is 34.1 Å². The van der Waals surface area contributed by atoms with Gasteiger partial charge in [0.2, 0.25) is 5.91 Å². The maximum absolute atomic E-state index is 12.8. The number of sulfone groups is 1. The van der Waals surface area contributed by atoms with E-state index in [1.807, 2.05) is 0 Å². The normalized spacial score (nSPS) is 11.2. The molecule has 15 heteroatoms. The number of nitrogens with one attached hydrogen (secondary N) is 1. The van der Waals surface area contributed by atoms with Crippen LogP contribution >= 0.6 is 7.60 Å². The molecule has 0 heterocycles. The van der Waals surface area contributed by atoms with Crippen LogP contribution in [0.1, 0.15) is 11.1 Å². The van der Waals surface area contributed by atoms with E-state index >= 15 is 0 Å². The average Bonchev–Trinajstić information content (AvgIpc) is 2.75. The van der Waals surface area contributed by atoms with Crippen molar-refractivity contribution >= 4 is 94.2 Å². The van der Waals surface area contributed by atoms with Crippen LogP contribution in [0.25, 0.3) is 6.08 Å². The van der Waals surface area contributed by atoms with Crippen molar-refractivity contribution in [3.05, 3.63) is 46.9 Å². The summed E-state index contributed by atoms with van der Waals surface area (Å²) in [5, 5.41) is 3.34. The number of ether oxygens (including phenoxy) is 4. The van der Waals surface area contributed by atoms with Crippen molar-refractivity contribution in [3.8, 4) is 23.0 Å². The van der Waals surface area contributed by atoms with Crippen LogP contribution in [0.2, 0.25) is 0 Å². The summed E-state index contributed by atoms with van der Waals surface area (Å²) in [5.74, 6) is 0.00796. The molecule has 0 unspecified atom stereocenters. The summed E-state index contributed by atoms with van der Waals surface area (Å²) in [7, 11) is -2.69. The van der Waals surface area contributed by atoms with Gasteiger partial charge in [-0.1, -0.05) is 6.07 Å². The molecule has 11 nitrogen and oxygen atoms in total. The number of hydrogen-bond acceptors (Lipinski definition) is 8. The minimum atomic E-state index is -4.57. The monoisotopic (exact) mass is 563 g/mol.